The molecule has 0 atom stereocenters. The van der Waals surface area contributed by atoms with E-state index in [4.69, 9.17) is 4.74 Å². The predicted octanol–water partition coefficient (Wildman–Crippen LogP) is 5.00. The van der Waals surface area contributed by atoms with Gasteiger partial charge in [0.05, 0.1) is 10.6 Å². The zero-order valence-corrected chi connectivity index (χ0v) is 13.6. The van der Waals surface area contributed by atoms with Crippen molar-refractivity contribution in [2.45, 2.75) is 6.61 Å². The molecule has 0 saturated heterocycles. The van der Waals surface area contributed by atoms with Crippen LogP contribution in [0.5, 0.6) is 5.75 Å². The maximum atomic E-state index is 13.6. The fourth-order valence-electron chi connectivity index (χ4n) is 2.07. The number of anilines is 1. The molecule has 0 spiro atoms. The summed E-state index contributed by atoms with van der Waals surface area (Å²) in [6.07, 6.45) is 0. The van der Waals surface area contributed by atoms with Crippen LogP contribution in [0.15, 0.2) is 53.9 Å². The first kappa shape index (κ1) is 17.0. The fourth-order valence-corrected chi connectivity index (χ4v) is 2.86. The molecule has 0 radical (unpaired) electrons. The number of amides is 1. The van der Waals surface area contributed by atoms with Gasteiger partial charge >= 0.3 is 0 Å². The van der Waals surface area contributed by atoms with E-state index >= 15 is 0 Å². The van der Waals surface area contributed by atoms with Gasteiger partial charge in [-0.2, -0.15) is 0 Å². The molecule has 1 amide bonds. The van der Waals surface area contributed by atoms with Crippen molar-refractivity contribution in [1.82, 2.24) is 0 Å². The van der Waals surface area contributed by atoms with Gasteiger partial charge < -0.3 is 10.1 Å². The third-order valence-electron chi connectivity index (χ3n) is 3.29. The molecule has 7 heteroatoms. The van der Waals surface area contributed by atoms with E-state index in [1.165, 1.54) is 12.1 Å². The smallest absolute Gasteiger partial charge is 0.265 e. The van der Waals surface area contributed by atoms with E-state index in [-0.39, 0.29) is 18.0 Å². The highest BCUT2D eigenvalue weighted by Crippen LogP contribution is 2.22. The minimum atomic E-state index is -0.727. The van der Waals surface area contributed by atoms with E-state index in [1.807, 2.05) is 0 Å². The van der Waals surface area contributed by atoms with Crippen molar-refractivity contribution >= 4 is 22.9 Å². The van der Waals surface area contributed by atoms with Crippen LogP contribution in [0.1, 0.15) is 15.2 Å². The van der Waals surface area contributed by atoms with Crippen molar-refractivity contribution in [3.63, 3.8) is 0 Å². The quantitative estimate of drug-likeness (QED) is 0.693. The number of hydrogen-bond acceptors (Lipinski definition) is 3. The van der Waals surface area contributed by atoms with Gasteiger partial charge in [-0.25, -0.2) is 13.2 Å². The maximum Gasteiger partial charge on any atom is 0.265 e. The number of rotatable bonds is 5. The molecular formula is C18H12F3NO2S. The Labute approximate surface area is 145 Å². The van der Waals surface area contributed by atoms with Gasteiger partial charge in [-0.1, -0.05) is 12.1 Å². The van der Waals surface area contributed by atoms with Gasteiger partial charge in [0.15, 0.2) is 11.6 Å². The lowest BCUT2D eigenvalue weighted by atomic mass is 10.2. The van der Waals surface area contributed by atoms with E-state index in [9.17, 15) is 18.0 Å². The third-order valence-corrected chi connectivity index (χ3v) is 4.26. The van der Waals surface area contributed by atoms with E-state index in [0.29, 0.717) is 10.4 Å². The first-order valence-corrected chi connectivity index (χ1v) is 8.12. The zero-order valence-electron chi connectivity index (χ0n) is 12.8. The average Bonchev–Trinajstić information content (AvgIpc) is 3.06. The molecule has 1 aromatic heterocycles. The molecule has 0 saturated carbocycles. The second kappa shape index (κ2) is 7.40. The van der Waals surface area contributed by atoms with Crippen LogP contribution >= 0.6 is 11.3 Å². The van der Waals surface area contributed by atoms with E-state index in [0.717, 1.165) is 29.5 Å². The molecule has 3 rings (SSSR count). The summed E-state index contributed by atoms with van der Waals surface area (Å²) in [7, 11) is 0. The third kappa shape index (κ3) is 4.19. The summed E-state index contributed by atoms with van der Waals surface area (Å²) in [6.45, 7) is 0.0824. The van der Waals surface area contributed by atoms with Crippen LogP contribution in [-0.4, -0.2) is 5.91 Å². The van der Waals surface area contributed by atoms with Gasteiger partial charge in [-0.3, -0.25) is 4.79 Å². The standard InChI is InChI=1S/C18H12F3NO2S/c19-12-5-6-13(20)15(8-12)22-18(23)17-7-11(10-25-17)9-24-16-4-2-1-3-14(16)21/h1-8,10H,9H2,(H,22,23). The van der Waals surface area contributed by atoms with Crippen molar-refractivity contribution in [2.75, 3.05) is 5.32 Å². The monoisotopic (exact) mass is 363 g/mol. The molecule has 0 aliphatic carbocycles. The Bertz CT molecular complexity index is 911. The first-order chi connectivity index (χ1) is 12.0. The Morgan fingerprint density at radius 1 is 1.04 bits per heavy atom. The zero-order chi connectivity index (χ0) is 17.8. The topological polar surface area (TPSA) is 38.3 Å². The van der Waals surface area contributed by atoms with Crippen LogP contribution in [0.25, 0.3) is 0 Å². The Morgan fingerprint density at radius 3 is 2.64 bits per heavy atom. The summed E-state index contributed by atoms with van der Waals surface area (Å²) in [4.78, 5) is 12.4. The molecule has 0 aliphatic rings. The Hall–Kier alpha value is -2.80. The highest BCUT2D eigenvalue weighted by Gasteiger charge is 2.13. The van der Waals surface area contributed by atoms with Crippen molar-refractivity contribution in [3.05, 3.63) is 81.8 Å². The number of carbonyl (C=O) groups is 1. The predicted molar refractivity (Wildman–Crippen MR) is 89.4 cm³/mol. The molecule has 0 fully saturated rings. The molecular weight excluding hydrogens is 351 g/mol. The van der Waals surface area contributed by atoms with Gasteiger partial charge in [0.25, 0.3) is 5.91 Å². The molecule has 1 N–H and O–H groups in total. The van der Waals surface area contributed by atoms with Crippen LogP contribution in [0.2, 0.25) is 0 Å². The summed E-state index contributed by atoms with van der Waals surface area (Å²) < 4.78 is 45.5. The van der Waals surface area contributed by atoms with Crippen LogP contribution in [0.4, 0.5) is 18.9 Å². The maximum absolute atomic E-state index is 13.6. The second-order valence-electron chi connectivity index (χ2n) is 5.12. The summed E-state index contributed by atoms with van der Waals surface area (Å²) >= 11 is 1.12. The van der Waals surface area contributed by atoms with Crippen LogP contribution in [0, 0.1) is 17.5 Å². The molecule has 3 nitrogen and oxygen atoms in total. The molecule has 3 aromatic rings. The largest absolute Gasteiger partial charge is 0.486 e. The van der Waals surface area contributed by atoms with Crippen molar-refractivity contribution < 1.29 is 22.7 Å². The minimum absolute atomic E-state index is 0.0824. The molecule has 0 bridgehead atoms. The number of hydrogen-bond donors (Lipinski definition) is 1. The second-order valence-corrected chi connectivity index (χ2v) is 6.03. The summed E-state index contributed by atoms with van der Waals surface area (Å²) in [6, 6.07) is 10.4. The molecule has 0 unspecified atom stereocenters. The lowest BCUT2D eigenvalue weighted by molar-refractivity contribution is 0.103. The minimum Gasteiger partial charge on any atom is -0.486 e. The van der Waals surface area contributed by atoms with Gasteiger partial charge in [0.2, 0.25) is 0 Å². The highest BCUT2D eigenvalue weighted by molar-refractivity contribution is 7.12. The number of thiophene rings is 1. The van der Waals surface area contributed by atoms with E-state index < -0.39 is 23.4 Å². The lowest BCUT2D eigenvalue weighted by Gasteiger charge is -2.05. The highest BCUT2D eigenvalue weighted by atomic mass is 32.1. The Morgan fingerprint density at radius 2 is 1.84 bits per heavy atom. The molecule has 0 aliphatic heterocycles. The number of benzene rings is 2. The summed E-state index contributed by atoms with van der Waals surface area (Å²) in [5, 5.41) is 4.00. The number of ether oxygens (including phenoxy) is 1. The Kier molecular flexibility index (Phi) is 5.04. The first-order valence-electron chi connectivity index (χ1n) is 7.24. The SMILES string of the molecule is O=C(Nc1cc(F)ccc1F)c1cc(COc2ccccc2F)cs1. The van der Waals surface area contributed by atoms with Gasteiger partial charge in [0.1, 0.15) is 18.2 Å². The molecule has 128 valence electrons. The van der Waals surface area contributed by atoms with Gasteiger partial charge in [0, 0.05) is 11.6 Å². The number of para-hydroxylation sites is 1. The van der Waals surface area contributed by atoms with E-state index in [2.05, 4.69) is 5.32 Å². The van der Waals surface area contributed by atoms with Crippen molar-refractivity contribution in [3.8, 4) is 5.75 Å². The summed E-state index contributed by atoms with van der Waals surface area (Å²) in [5.74, 6) is -2.30. The Balaban J connectivity index is 1.65. The fraction of sp³-hybridized carbons (Fsp3) is 0.0556. The van der Waals surface area contributed by atoms with Crippen molar-refractivity contribution in [1.29, 1.82) is 0 Å². The van der Waals surface area contributed by atoms with Crippen LogP contribution < -0.4 is 10.1 Å². The number of halogens is 3. The van der Waals surface area contributed by atoms with Crippen molar-refractivity contribution in [2.24, 2.45) is 0 Å². The van der Waals surface area contributed by atoms with Crippen LogP contribution in [0.3, 0.4) is 0 Å². The lowest BCUT2D eigenvalue weighted by Crippen LogP contribution is -2.11. The molecule has 2 aromatic carbocycles. The van der Waals surface area contributed by atoms with Gasteiger partial charge in [-0.05, 0) is 35.7 Å². The average molecular weight is 363 g/mol. The number of nitrogens with one attached hydrogen (secondary N) is 1. The van der Waals surface area contributed by atoms with Crippen LogP contribution in [-0.2, 0) is 6.61 Å². The molecule has 1 heterocycles. The number of carbonyl (C=O) groups excluding carboxylic acids is 1. The van der Waals surface area contributed by atoms with E-state index in [1.54, 1.807) is 23.6 Å². The van der Waals surface area contributed by atoms with Gasteiger partial charge in [-0.15, -0.1) is 11.3 Å². The molecule has 25 heavy (non-hydrogen) atoms. The normalized spacial score (nSPS) is 10.5. The summed E-state index contributed by atoms with van der Waals surface area (Å²) in [5.41, 5.74) is 0.431.